The second kappa shape index (κ2) is 9.22. The molecule has 1 N–H and O–H groups in total. The molecule has 0 aromatic heterocycles. The number of rotatable bonds is 7. The molecule has 4 nitrogen and oxygen atoms in total. The molecule has 0 spiro atoms. The minimum absolute atomic E-state index is 0.131. The van der Waals surface area contributed by atoms with Gasteiger partial charge in [0.25, 0.3) is 0 Å². The van der Waals surface area contributed by atoms with E-state index in [1.165, 1.54) is 11.8 Å². The first kappa shape index (κ1) is 17.4. The quantitative estimate of drug-likeness (QED) is 0.612. The smallest absolute Gasteiger partial charge is 0.250 e. The zero-order valence-corrected chi connectivity index (χ0v) is 14.2. The van der Waals surface area contributed by atoms with Crippen LogP contribution in [0.1, 0.15) is 11.1 Å². The highest BCUT2D eigenvalue weighted by Crippen LogP contribution is 2.15. The van der Waals surface area contributed by atoms with Crippen molar-refractivity contribution in [3.63, 3.8) is 0 Å². The van der Waals surface area contributed by atoms with Gasteiger partial charge in [-0.1, -0.05) is 23.7 Å². The number of thioether (sulfide) groups is 1. The third-order valence-corrected chi connectivity index (χ3v) is 4.19. The third-order valence-electron chi connectivity index (χ3n) is 2.93. The maximum Gasteiger partial charge on any atom is 0.250 e. The number of hydrogen-bond donors (Lipinski definition) is 1. The van der Waals surface area contributed by atoms with E-state index < -0.39 is 0 Å². The Morgan fingerprint density at radius 1 is 1.22 bits per heavy atom. The van der Waals surface area contributed by atoms with Crippen molar-refractivity contribution in [1.82, 2.24) is 5.43 Å². The molecule has 6 heteroatoms. The fourth-order valence-electron chi connectivity index (χ4n) is 1.74. The summed E-state index contributed by atoms with van der Waals surface area (Å²) in [7, 11) is 1.62. The number of carbonyl (C=O) groups excluding carboxylic acids is 1. The van der Waals surface area contributed by atoms with Gasteiger partial charge in [-0.25, -0.2) is 5.43 Å². The molecule has 0 atom stereocenters. The van der Waals surface area contributed by atoms with Gasteiger partial charge in [0.2, 0.25) is 5.91 Å². The van der Waals surface area contributed by atoms with Crippen LogP contribution in [-0.2, 0) is 10.5 Å². The molecule has 0 aliphatic carbocycles. The maximum absolute atomic E-state index is 11.7. The zero-order valence-electron chi connectivity index (χ0n) is 12.7. The molecule has 0 bridgehead atoms. The molecule has 0 aliphatic heterocycles. The number of hydrazone groups is 1. The maximum atomic E-state index is 11.7. The second-order valence-corrected chi connectivity index (χ2v) is 6.11. The van der Waals surface area contributed by atoms with Gasteiger partial charge in [-0.15, -0.1) is 11.8 Å². The average molecular weight is 349 g/mol. The van der Waals surface area contributed by atoms with Crippen LogP contribution in [0.2, 0.25) is 5.02 Å². The van der Waals surface area contributed by atoms with Crippen LogP contribution in [0.5, 0.6) is 5.75 Å². The molecule has 0 radical (unpaired) electrons. The number of ether oxygens (including phenoxy) is 1. The van der Waals surface area contributed by atoms with Crippen molar-refractivity contribution >= 4 is 35.5 Å². The lowest BCUT2D eigenvalue weighted by molar-refractivity contribution is -0.118. The molecule has 2 aromatic carbocycles. The van der Waals surface area contributed by atoms with E-state index in [2.05, 4.69) is 10.5 Å². The Balaban J connectivity index is 1.69. The van der Waals surface area contributed by atoms with Crippen molar-refractivity contribution in [3.05, 3.63) is 64.7 Å². The molecule has 23 heavy (non-hydrogen) atoms. The molecule has 1 amide bonds. The first-order chi connectivity index (χ1) is 11.2. The minimum Gasteiger partial charge on any atom is -0.497 e. The Bertz CT molecular complexity index is 657. The Kier molecular flexibility index (Phi) is 6.97. The highest BCUT2D eigenvalue weighted by molar-refractivity contribution is 7.99. The molecule has 0 unspecified atom stereocenters. The summed E-state index contributed by atoms with van der Waals surface area (Å²) >= 11 is 7.35. The zero-order chi connectivity index (χ0) is 16.5. The van der Waals surface area contributed by atoms with Crippen LogP contribution in [-0.4, -0.2) is 25.0 Å². The van der Waals surface area contributed by atoms with E-state index in [-0.39, 0.29) is 5.91 Å². The predicted molar refractivity (Wildman–Crippen MR) is 96.3 cm³/mol. The Hall–Kier alpha value is -1.98. The van der Waals surface area contributed by atoms with Crippen molar-refractivity contribution in [2.24, 2.45) is 5.10 Å². The number of benzene rings is 2. The Labute approximate surface area is 144 Å². The minimum atomic E-state index is -0.131. The van der Waals surface area contributed by atoms with Crippen LogP contribution in [0.3, 0.4) is 0 Å². The van der Waals surface area contributed by atoms with Crippen LogP contribution in [0.25, 0.3) is 0 Å². The molecule has 0 saturated carbocycles. The van der Waals surface area contributed by atoms with Gasteiger partial charge < -0.3 is 4.74 Å². The molecule has 2 rings (SSSR count). The number of methoxy groups -OCH3 is 1. The molecule has 0 heterocycles. The Morgan fingerprint density at radius 2 is 1.91 bits per heavy atom. The van der Waals surface area contributed by atoms with Crippen LogP contribution in [0, 0.1) is 0 Å². The second-order valence-electron chi connectivity index (χ2n) is 4.69. The van der Waals surface area contributed by atoms with Crippen LogP contribution >= 0.6 is 23.4 Å². The lowest BCUT2D eigenvalue weighted by Crippen LogP contribution is -2.19. The summed E-state index contributed by atoms with van der Waals surface area (Å²) < 4.78 is 5.07. The van der Waals surface area contributed by atoms with Gasteiger partial charge in [-0.3, -0.25) is 4.79 Å². The van der Waals surface area contributed by atoms with Gasteiger partial charge in [-0.05, 0) is 47.5 Å². The highest BCUT2D eigenvalue weighted by Gasteiger charge is 2.01. The van der Waals surface area contributed by atoms with Crippen molar-refractivity contribution in [3.8, 4) is 5.75 Å². The standard InChI is InChI=1S/C17H17ClN2O2S/c1-22-16-8-4-13(5-9-16)10-19-20-17(21)12-23-11-14-2-6-15(18)7-3-14/h2-10H,11-12H2,1H3,(H,20,21)/b19-10+. The summed E-state index contributed by atoms with van der Waals surface area (Å²) in [5, 5.41) is 4.65. The number of nitrogens with one attached hydrogen (secondary N) is 1. The third kappa shape index (κ3) is 6.34. The van der Waals surface area contributed by atoms with Crippen LogP contribution in [0.15, 0.2) is 53.6 Å². The van der Waals surface area contributed by atoms with E-state index in [1.54, 1.807) is 13.3 Å². The summed E-state index contributed by atoms with van der Waals surface area (Å²) in [6.07, 6.45) is 1.60. The van der Waals surface area contributed by atoms with Crippen molar-refractivity contribution in [2.75, 3.05) is 12.9 Å². The van der Waals surface area contributed by atoms with E-state index in [0.717, 1.165) is 22.6 Å². The fraction of sp³-hybridized carbons (Fsp3) is 0.176. The van der Waals surface area contributed by atoms with E-state index >= 15 is 0 Å². The number of nitrogens with zero attached hydrogens (tertiary/aromatic N) is 1. The fourth-order valence-corrected chi connectivity index (χ4v) is 2.65. The Morgan fingerprint density at radius 3 is 2.57 bits per heavy atom. The van der Waals surface area contributed by atoms with Crippen LogP contribution in [0.4, 0.5) is 0 Å². The van der Waals surface area contributed by atoms with Gasteiger partial charge >= 0.3 is 0 Å². The topological polar surface area (TPSA) is 50.7 Å². The van der Waals surface area contributed by atoms with Crippen molar-refractivity contribution < 1.29 is 9.53 Å². The molecular weight excluding hydrogens is 332 g/mol. The SMILES string of the molecule is COc1ccc(/C=N/NC(=O)CSCc2ccc(Cl)cc2)cc1. The first-order valence-electron chi connectivity index (χ1n) is 6.95. The van der Waals surface area contributed by atoms with Crippen molar-refractivity contribution in [2.45, 2.75) is 5.75 Å². The van der Waals surface area contributed by atoms with Gasteiger partial charge in [0.15, 0.2) is 0 Å². The average Bonchev–Trinajstić information content (AvgIpc) is 2.57. The van der Waals surface area contributed by atoms with Gasteiger partial charge in [0, 0.05) is 10.8 Å². The van der Waals surface area contributed by atoms with Gasteiger partial charge in [-0.2, -0.15) is 5.10 Å². The molecule has 0 saturated heterocycles. The largest absolute Gasteiger partial charge is 0.497 e. The summed E-state index contributed by atoms with van der Waals surface area (Å²) in [6.45, 7) is 0. The van der Waals surface area contributed by atoms with E-state index in [1.807, 2.05) is 48.5 Å². The number of hydrogen-bond acceptors (Lipinski definition) is 4. The number of amides is 1. The summed E-state index contributed by atoms with van der Waals surface area (Å²) in [6, 6.07) is 15.0. The van der Waals surface area contributed by atoms with Crippen LogP contribution < -0.4 is 10.2 Å². The summed E-state index contributed by atoms with van der Waals surface area (Å²) in [5.74, 6) is 1.76. The molecule has 120 valence electrons. The highest BCUT2D eigenvalue weighted by atomic mass is 35.5. The normalized spacial score (nSPS) is 10.7. The van der Waals surface area contributed by atoms with Gasteiger partial charge in [0.1, 0.15) is 5.75 Å². The molecular formula is C17H17ClN2O2S. The predicted octanol–water partition coefficient (Wildman–Crippen LogP) is 3.73. The van der Waals surface area contributed by atoms with E-state index in [0.29, 0.717) is 10.8 Å². The summed E-state index contributed by atoms with van der Waals surface area (Å²) in [5.41, 5.74) is 4.53. The van der Waals surface area contributed by atoms with E-state index in [4.69, 9.17) is 16.3 Å². The number of halogens is 1. The first-order valence-corrected chi connectivity index (χ1v) is 8.49. The lowest BCUT2D eigenvalue weighted by atomic mass is 10.2. The number of carbonyl (C=O) groups is 1. The lowest BCUT2D eigenvalue weighted by Gasteiger charge is -2.02. The molecule has 0 aliphatic rings. The monoisotopic (exact) mass is 348 g/mol. The summed E-state index contributed by atoms with van der Waals surface area (Å²) in [4.78, 5) is 11.7. The van der Waals surface area contributed by atoms with Gasteiger partial charge in [0.05, 0.1) is 19.1 Å². The van der Waals surface area contributed by atoms with Crippen molar-refractivity contribution in [1.29, 1.82) is 0 Å². The molecule has 2 aromatic rings. The molecule has 0 fully saturated rings. The van der Waals surface area contributed by atoms with E-state index in [9.17, 15) is 4.79 Å².